The number of anilines is 3. The Morgan fingerprint density at radius 3 is 2.37 bits per heavy atom. The molecule has 0 aliphatic rings. The van der Waals surface area contributed by atoms with E-state index in [0.29, 0.717) is 5.95 Å². The molecule has 0 aliphatic carbocycles. The normalized spacial score (nSPS) is 11.2. The fourth-order valence-electron chi connectivity index (χ4n) is 1.17. The van der Waals surface area contributed by atoms with Crippen molar-refractivity contribution >= 4 is 27.7 Å². The minimum atomic E-state index is -3.02. The molecule has 108 valence electrons. The molecule has 0 bridgehead atoms. The Labute approximate surface area is 112 Å². The van der Waals surface area contributed by atoms with Gasteiger partial charge in [-0.05, 0) is 0 Å². The van der Waals surface area contributed by atoms with Crippen molar-refractivity contribution in [3.05, 3.63) is 0 Å². The van der Waals surface area contributed by atoms with Crippen LogP contribution >= 0.6 is 0 Å². The number of nitrogens with zero attached hydrogens (tertiary/aromatic N) is 4. The minimum absolute atomic E-state index is 0.0257. The molecule has 0 saturated carbocycles. The van der Waals surface area contributed by atoms with Crippen molar-refractivity contribution in [3.8, 4) is 0 Å². The lowest BCUT2D eigenvalue weighted by Crippen LogP contribution is -2.21. The van der Waals surface area contributed by atoms with E-state index >= 15 is 0 Å². The summed E-state index contributed by atoms with van der Waals surface area (Å²) in [5, 5.41) is 2.84. The second-order valence-electron chi connectivity index (χ2n) is 3.98. The quantitative estimate of drug-likeness (QED) is 0.431. The van der Waals surface area contributed by atoms with E-state index < -0.39 is 9.84 Å². The van der Waals surface area contributed by atoms with Gasteiger partial charge >= 0.3 is 0 Å². The predicted molar refractivity (Wildman–Crippen MR) is 74.8 cm³/mol. The number of aromatic nitrogens is 3. The van der Waals surface area contributed by atoms with Crippen LogP contribution in [0.2, 0.25) is 0 Å². The zero-order valence-electron chi connectivity index (χ0n) is 11.2. The summed E-state index contributed by atoms with van der Waals surface area (Å²) in [5.74, 6) is 6.31. The van der Waals surface area contributed by atoms with E-state index in [1.165, 1.54) is 0 Å². The van der Waals surface area contributed by atoms with Crippen molar-refractivity contribution in [3.63, 3.8) is 0 Å². The topological polar surface area (TPSA) is 126 Å². The molecule has 0 saturated heterocycles. The molecule has 1 aromatic heterocycles. The molecule has 10 heteroatoms. The Morgan fingerprint density at radius 2 is 1.84 bits per heavy atom. The van der Waals surface area contributed by atoms with Crippen LogP contribution in [0.25, 0.3) is 0 Å². The maximum Gasteiger partial charge on any atom is 0.243 e. The number of rotatable bonds is 7. The smallest absolute Gasteiger partial charge is 0.243 e. The molecule has 0 spiro atoms. The van der Waals surface area contributed by atoms with Gasteiger partial charge in [0.2, 0.25) is 17.8 Å². The van der Waals surface area contributed by atoms with E-state index in [1.807, 2.05) is 0 Å². The first-order chi connectivity index (χ1) is 8.88. The molecular formula is C9H19N7O2S. The predicted octanol–water partition coefficient (Wildman–Crippen LogP) is -0.930. The lowest BCUT2D eigenvalue weighted by Gasteiger charge is -2.13. The first-order valence-electron chi connectivity index (χ1n) is 5.72. The maximum absolute atomic E-state index is 11.4. The molecule has 0 aliphatic heterocycles. The van der Waals surface area contributed by atoms with Crippen molar-refractivity contribution in [2.45, 2.75) is 6.92 Å². The van der Waals surface area contributed by atoms with Gasteiger partial charge in [0.05, 0.1) is 5.75 Å². The van der Waals surface area contributed by atoms with Gasteiger partial charge in [0.1, 0.15) is 0 Å². The number of nitrogens with one attached hydrogen (secondary N) is 2. The van der Waals surface area contributed by atoms with Crippen LogP contribution in [-0.2, 0) is 9.84 Å². The third-order valence-electron chi connectivity index (χ3n) is 2.29. The van der Waals surface area contributed by atoms with Crippen LogP contribution in [0.4, 0.5) is 17.8 Å². The molecule has 1 rings (SSSR count). The summed E-state index contributed by atoms with van der Waals surface area (Å²) in [6.07, 6.45) is 0. The minimum Gasteiger partial charge on any atom is -0.353 e. The molecule has 4 N–H and O–H groups in total. The van der Waals surface area contributed by atoms with Crippen LogP contribution < -0.4 is 21.5 Å². The van der Waals surface area contributed by atoms with Gasteiger partial charge in [-0.1, -0.05) is 6.92 Å². The van der Waals surface area contributed by atoms with Gasteiger partial charge in [-0.15, -0.1) is 0 Å². The van der Waals surface area contributed by atoms with Gasteiger partial charge < -0.3 is 10.2 Å². The van der Waals surface area contributed by atoms with Gasteiger partial charge in [0, 0.05) is 26.4 Å². The van der Waals surface area contributed by atoms with Crippen molar-refractivity contribution in [1.29, 1.82) is 0 Å². The average Bonchev–Trinajstić information content (AvgIpc) is 2.38. The number of hydrogen-bond acceptors (Lipinski definition) is 9. The standard InChI is InChI=1S/C9H19N7O2S/c1-4-19(17,18)6-5-11-7-12-8(15-10)14-9(13-7)16(2)3/h4-6,10H2,1-3H3,(H2,11,12,13,14,15). The molecule has 0 amide bonds. The Hall–Kier alpha value is -1.68. The summed E-state index contributed by atoms with van der Waals surface area (Å²) >= 11 is 0. The third-order valence-corrected chi connectivity index (χ3v) is 3.99. The molecule has 0 unspecified atom stereocenters. The monoisotopic (exact) mass is 289 g/mol. The van der Waals surface area contributed by atoms with Crippen molar-refractivity contribution in [2.75, 3.05) is 47.8 Å². The van der Waals surface area contributed by atoms with Gasteiger partial charge in [-0.2, -0.15) is 15.0 Å². The van der Waals surface area contributed by atoms with E-state index in [0.717, 1.165) is 0 Å². The fourth-order valence-corrected chi connectivity index (χ4v) is 1.87. The molecule has 1 aromatic rings. The van der Waals surface area contributed by atoms with Crippen molar-refractivity contribution in [1.82, 2.24) is 15.0 Å². The van der Waals surface area contributed by atoms with Crippen molar-refractivity contribution in [2.24, 2.45) is 5.84 Å². The molecule has 0 atom stereocenters. The first kappa shape index (κ1) is 15.4. The highest BCUT2D eigenvalue weighted by Gasteiger charge is 2.10. The molecule has 0 aromatic carbocycles. The highest BCUT2D eigenvalue weighted by atomic mass is 32.2. The Bertz CT molecular complexity index is 517. The second kappa shape index (κ2) is 6.48. The summed E-state index contributed by atoms with van der Waals surface area (Å²) in [6, 6.07) is 0. The maximum atomic E-state index is 11.4. The Kier molecular flexibility index (Phi) is 5.24. The van der Waals surface area contributed by atoms with Gasteiger partial charge in [0.25, 0.3) is 0 Å². The number of nitrogen functional groups attached to an aromatic ring is 1. The van der Waals surface area contributed by atoms with Gasteiger partial charge in [-0.3, -0.25) is 5.43 Å². The molecule has 1 heterocycles. The molecule has 0 radical (unpaired) electrons. The highest BCUT2D eigenvalue weighted by Crippen LogP contribution is 2.10. The van der Waals surface area contributed by atoms with E-state index in [1.54, 1.807) is 25.9 Å². The molecular weight excluding hydrogens is 270 g/mol. The molecule has 9 nitrogen and oxygen atoms in total. The third kappa shape index (κ3) is 4.83. The van der Waals surface area contributed by atoms with Crippen molar-refractivity contribution < 1.29 is 8.42 Å². The van der Waals surface area contributed by atoms with Crippen LogP contribution in [0.1, 0.15) is 6.92 Å². The fraction of sp³-hybridized carbons (Fsp3) is 0.667. The number of hydrogen-bond donors (Lipinski definition) is 3. The Balaban J connectivity index is 2.75. The largest absolute Gasteiger partial charge is 0.353 e. The van der Waals surface area contributed by atoms with E-state index in [4.69, 9.17) is 5.84 Å². The highest BCUT2D eigenvalue weighted by molar-refractivity contribution is 7.91. The Morgan fingerprint density at radius 1 is 1.21 bits per heavy atom. The summed E-state index contributed by atoms with van der Waals surface area (Å²) in [4.78, 5) is 13.8. The van der Waals surface area contributed by atoms with Crippen LogP contribution in [0.5, 0.6) is 0 Å². The first-order valence-corrected chi connectivity index (χ1v) is 7.54. The summed E-state index contributed by atoms with van der Waals surface area (Å²) in [5.41, 5.74) is 2.33. The van der Waals surface area contributed by atoms with Crippen LogP contribution in [0.15, 0.2) is 0 Å². The molecule has 0 fully saturated rings. The van der Waals surface area contributed by atoms with Crippen LogP contribution in [0.3, 0.4) is 0 Å². The van der Waals surface area contributed by atoms with Crippen LogP contribution in [-0.4, -0.2) is 55.5 Å². The number of sulfone groups is 1. The SMILES string of the molecule is CCS(=O)(=O)CCNc1nc(NN)nc(N(C)C)n1. The van der Waals surface area contributed by atoms with Gasteiger partial charge in [-0.25, -0.2) is 14.3 Å². The summed E-state index contributed by atoms with van der Waals surface area (Å²) in [6.45, 7) is 1.84. The van der Waals surface area contributed by atoms with Crippen LogP contribution in [0, 0.1) is 0 Å². The lowest BCUT2D eigenvalue weighted by molar-refractivity contribution is 0.597. The van der Waals surface area contributed by atoms with E-state index in [-0.39, 0.29) is 29.9 Å². The summed E-state index contributed by atoms with van der Waals surface area (Å²) < 4.78 is 22.7. The lowest BCUT2D eigenvalue weighted by atomic mass is 10.7. The zero-order valence-corrected chi connectivity index (χ0v) is 12.0. The molecule has 19 heavy (non-hydrogen) atoms. The summed E-state index contributed by atoms with van der Waals surface area (Å²) in [7, 11) is 0.541. The zero-order chi connectivity index (χ0) is 14.5. The second-order valence-corrected chi connectivity index (χ2v) is 6.46. The van der Waals surface area contributed by atoms with Gasteiger partial charge in [0.15, 0.2) is 9.84 Å². The number of hydrazine groups is 1. The number of nitrogens with two attached hydrogens (primary N) is 1. The average molecular weight is 289 g/mol. The van der Waals surface area contributed by atoms with E-state index in [9.17, 15) is 8.42 Å². The van der Waals surface area contributed by atoms with E-state index in [2.05, 4.69) is 25.7 Å².